The molecule has 6 unspecified atom stereocenters. The average Bonchev–Trinajstić information content (AvgIpc) is 3.43. The van der Waals surface area contributed by atoms with Gasteiger partial charge in [-0.2, -0.15) is 17.2 Å². The lowest BCUT2D eigenvalue weighted by atomic mass is 9.49. The molecule has 1 heterocycles. The van der Waals surface area contributed by atoms with Crippen molar-refractivity contribution in [3.63, 3.8) is 0 Å². The topological polar surface area (TPSA) is 144 Å². The molecule has 0 aromatic heterocycles. The van der Waals surface area contributed by atoms with Gasteiger partial charge in [0.1, 0.15) is 6.10 Å². The highest BCUT2D eigenvalue weighted by Gasteiger charge is 2.73. The average molecular weight is 588 g/mol. The van der Waals surface area contributed by atoms with Crippen molar-refractivity contribution >= 4 is 33.9 Å². The highest BCUT2D eigenvalue weighted by molar-refractivity contribution is 7.86. The molecule has 2 amide bonds. The van der Waals surface area contributed by atoms with Gasteiger partial charge in [0, 0.05) is 5.92 Å². The van der Waals surface area contributed by atoms with E-state index in [0.717, 1.165) is 19.3 Å². The minimum atomic E-state index is -5.84. The zero-order valence-corrected chi connectivity index (χ0v) is 23.5. The van der Waals surface area contributed by atoms with E-state index in [0.29, 0.717) is 37.0 Å². The third kappa shape index (κ3) is 4.04. The summed E-state index contributed by atoms with van der Waals surface area (Å²) in [6, 6.07) is -0.752. The van der Waals surface area contributed by atoms with Crippen molar-refractivity contribution in [3.8, 4) is 0 Å². The molecule has 222 valence electrons. The molecule has 0 radical (unpaired) electrons. The SMILES string of the molecule is CC(C)(C)C(=O)OC1C2CC3C(C(=O)N(C(=O)C45CC6CC(CC(C6)C4)C5)C31)C2C(=O)OCC(F)(F)S(=O)(=O)O. The van der Waals surface area contributed by atoms with E-state index in [1.54, 1.807) is 20.8 Å². The van der Waals surface area contributed by atoms with Crippen LogP contribution < -0.4 is 0 Å². The lowest BCUT2D eigenvalue weighted by Gasteiger charge is -2.56. The van der Waals surface area contributed by atoms with Gasteiger partial charge in [-0.05, 0) is 89.4 Å². The van der Waals surface area contributed by atoms with Crippen molar-refractivity contribution in [2.24, 2.45) is 52.3 Å². The Morgan fingerprint density at radius 2 is 1.55 bits per heavy atom. The zero-order chi connectivity index (χ0) is 29.2. The molecular formula is C27H35F2NO9S. The number of ether oxygens (including phenoxy) is 2. The highest BCUT2D eigenvalue weighted by atomic mass is 32.2. The van der Waals surface area contributed by atoms with E-state index < -0.39 is 86.5 Å². The summed E-state index contributed by atoms with van der Waals surface area (Å²) in [6.45, 7) is 3.01. The summed E-state index contributed by atoms with van der Waals surface area (Å²) in [5.41, 5.74) is -1.59. The first-order chi connectivity index (χ1) is 18.4. The van der Waals surface area contributed by atoms with Crippen LogP contribution in [0, 0.1) is 52.3 Å². The van der Waals surface area contributed by atoms with Crippen molar-refractivity contribution in [2.75, 3.05) is 6.61 Å². The Labute approximate surface area is 231 Å². The van der Waals surface area contributed by atoms with Crippen molar-refractivity contribution in [1.82, 2.24) is 4.90 Å². The third-order valence-corrected chi connectivity index (χ3v) is 11.3. The molecular weight excluding hydrogens is 552 g/mol. The molecule has 0 spiro atoms. The summed E-state index contributed by atoms with van der Waals surface area (Å²) in [7, 11) is -5.84. The molecule has 0 aromatic carbocycles. The largest absolute Gasteiger partial charge is 0.459 e. The van der Waals surface area contributed by atoms with Crippen LogP contribution in [0.15, 0.2) is 0 Å². The number of hydrogen-bond donors (Lipinski definition) is 1. The first kappa shape index (κ1) is 28.0. The Hall–Kier alpha value is -2.15. The van der Waals surface area contributed by atoms with Crippen LogP contribution in [0.3, 0.4) is 0 Å². The van der Waals surface area contributed by atoms with E-state index in [1.165, 1.54) is 4.90 Å². The Morgan fingerprint density at radius 1 is 1.00 bits per heavy atom. The number of carbonyl (C=O) groups excluding carboxylic acids is 4. The van der Waals surface area contributed by atoms with E-state index in [-0.39, 0.29) is 12.3 Å². The fourth-order valence-corrected chi connectivity index (χ4v) is 9.49. The van der Waals surface area contributed by atoms with Crippen molar-refractivity contribution in [2.45, 2.75) is 83.1 Å². The fraction of sp³-hybridized carbons (Fsp3) is 0.852. The number of esters is 2. The standard InChI is InChI=1S/C27H35F2NO9S/c1-25(2,3)24(34)39-20-16-7-15-17(18(16)22(32)38-11-27(28,29)40(35,36)37)21(31)30(19(15)20)23(33)26-8-12-4-13(9-26)6-14(5-12)10-26/h12-20H,4-11H2,1-3H3,(H,35,36,37). The first-order valence-corrected chi connectivity index (χ1v) is 15.5. The quantitative estimate of drug-likeness (QED) is 0.282. The summed E-state index contributed by atoms with van der Waals surface area (Å²) >= 11 is 0. The van der Waals surface area contributed by atoms with E-state index in [4.69, 9.17) is 9.29 Å². The Bertz CT molecular complexity index is 1240. The van der Waals surface area contributed by atoms with Crippen molar-refractivity contribution < 1.29 is 50.4 Å². The molecule has 6 bridgehead atoms. The molecule has 7 aliphatic rings. The van der Waals surface area contributed by atoms with Crippen molar-refractivity contribution in [3.05, 3.63) is 0 Å². The molecule has 6 saturated carbocycles. The maximum Gasteiger partial charge on any atom is 0.402 e. The number of carbonyl (C=O) groups is 4. The molecule has 0 aromatic rings. The Balaban J connectivity index is 1.31. The molecule has 6 aliphatic carbocycles. The van der Waals surface area contributed by atoms with Gasteiger partial charge in [-0.1, -0.05) is 0 Å². The van der Waals surface area contributed by atoms with Crippen LogP contribution in [0.4, 0.5) is 8.78 Å². The van der Waals surface area contributed by atoms with Gasteiger partial charge in [0.05, 0.1) is 28.7 Å². The van der Waals surface area contributed by atoms with Gasteiger partial charge in [0.2, 0.25) is 11.8 Å². The number of amides is 2. The zero-order valence-electron chi connectivity index (χ0n) is 22.7. The van der Waals surface area contributed by atoms with Crippen LogP contribution in [0.2, 0.25) is 0 Å². The monoisotopic (exact) mass is 587 g/mol. The summed E-state index contributed by atoms with van der Waals surface area (Å²) in [5, 5.41) is -4.74. The van der Waals surface area contributed by atoms with E-state index in [1.807, 2.05) is 0 Å². The van der Waals surface area contributed by atoms with Crippen LogP contribution in [-0.2, 0) is 38.8 Å². The predicted molar refractivity (Wildman–Crippen MR) is 132 cm³/mol. The van der Waals surface area contributed by atoms with E-state index in [9.17, 15) is 36.4 Å². The molecule has 1 saturated heterocycles. The number of imide groups is 1. The van der Waals surface area contributed by atoms with Gasteiger partial charge >= 0.3 is 27.3 Å². The second kappa shape index (κ2) is 8.68. The van der Waals surface area contributed by atoms with Crippen LogP contribution >= 0.6 is 0 Å². The molecule has 1 aliphatic heterocycles. The van der Waals surface area contributed by atoms with Crippen LogP contribution in [0.1, 0.15) is 65.7 Å². The maximum atomic E-state index is 14.3. The lowest BCUT2D eigenvalue weighted by molar-refractivity contribution is -0.175. The summed E-state index contributed by atoms with van der Waals surface area (Å²) in [4.78, 5) is 55.6. The van der Waals surface area contributed by atoms with Crippen molar-refractivity contribution in [1.29, 1.82) is 0 Å². The number of hydrogen-bond acceptors (Lipinski definition) is 8. The minimum Gasteiger partial charge on any atom is -0.459 e. The smallest absolute Gasteiger partial charge is 0.402 e. The number of nitrogens with zero attached hydrogens (tertiary/aromatic N) is 1. The Kier molecular flexibility index (Phi) is 6.08. The van der Waals surface area contributed by atoms with Crippen LogP contribution in [-0.4, -0.2) is 65.6 Å². The minimum absolute atomic E-state index is 0.252. The van der Waals surface area contributed by atoms with E-state index >= 15 is 0 Å². The van der Waals surface area contributed by atoms with Crippen LogP contribution in [0.25, 0.3) is 0 Å². The fourth-order valence-electron chi connectivity index (χ4n) is 9.28. The normalized spacial score (nSPS) is 41.5. The highest BCUT2D eigenvalue weighted by Crippen LogP contribution is 2.64. The predicted octanol–water partition coefficient (Wildman–Crippen LogP) is 2.80. The molecule has 7 rings (SSSR count). The Morgan fingerprint density at radius 3 is 2.05 bits per heavy atom. The second-order valence-electron chi connectivity index (χ2n) is 14.2. The first-order valence-electron chi connectivity index (χ1n) is 14.0. The number of rotatable bonds is 6. The second-order valence-corrected chi connectivity index (χ2v) is 15.7. The molecule has 10 nitrogen and oxygen atoms in total. The number of halogens is 2. The molecule has 1 N–H and O–H groups in total. The molecule has 6 atom stereocenters. The molecule has 13 heteroatoms. The van der Waals surface area contributed by atoms with Crippen LogP contribution in [0.5, 0.6) is 0 Å². The number of alkyl halides is 2. The summed E-state index contributed by atoms with van der Waals surface area (Å²) in [6.07, 6.45) is 4.61. The third-order valence-electron chi connectivity index (χ3n) is 10.5. The lowest BCUT2D eigenvalue weighted by Crippen LogP contribution is -2.58. The van der Waals surface area contributed by atoms with Gasteiger partial charge < -0.3 is 9.47 Å². The van der Waals surface area contributed by atoms with E-state index in [2.05, 4.69) is 4.74 Å². The maximum absolute atomic E-state index is 14.3. The van der Waals surface area contributed by atoms with Gasteiger partial charge in [-0.3, -0.25) is 28.6 Å². The summed E-state index contributed by atoms with van der Waals surface area (Å²) in [5.74, 6) is -5.00. The molecule has 40 heavy (non-hydrogen) atoms. The van der Waals surface area contributed by atoms with Gasteiger partial charge in [-0.15, -0.1) is 0 Å². The number of fused-ring (bicyclic) bond motifs is 1. The number of likely N-dealkylation sites (tertiary alicyclic amines) is 1. The summed E-state index contributed by atoms with van der Waals surface area (Å²) < 4.78 is 69.0. The van der Waals surface area contributed by atoms with Gasteiger partial charge in [0.15, 0.2) is 6.61 Å². The van der Waals surface area contributed by atoms with Gasteiger partial charge in [-0.25, -0.2) is 0 Å². The molecule has 7 fully saturated rings. The van der Waals surface area contributed by atoms with Gasteiger partial charge in [0.25, 0.3) is 0 Å².